The first-order chi connectivity index (χ1) is 37.0. The third-order valence-electron chi connectivity index (χ3n) is 16.0. The Kier molecular flexibility index (Phi) is 63.4. The Morgan fingerprint density at radius 3 is 1.05 bits per heavy atom. The molecule has 0 aromatic rings. The third kappa shape index (κ3) is 61.4. The molecule has 2 atom stereocenters. The Labute approximate surface area is 469 Å². The number of esters is 1. The average molecular weight is 1060 g/mol. The summed E-state index contributed by atoms with van der Waals surface area (Å²) in [5.41, 5.74) is 0. The van der Waals surface area contributed by atoms with E-state index in [0.717, 1.165) is 51.4 Å². The van der Waals surface area contributed by atoms with Crippen LogP contribution in [0.3, 0.4) is 0 Å². The molecule has 0 aromatic heterocycles. The van der Waals surface area contributed by atoms with Gasteiger partial charge in [-0.3, -0.25) is 9.59 Å². The lowest BCUT2D eigenvalue weighted by atomic mass is 10.0. The average Bonchev–Trinajstić information content (AvgIpc) is 3.41. The largest absolute Gasteiger partial charge is 0.466 e. The molecule has 0 aliphatic rings. The van der Waals surface area contributed by atoms with Crippen molar-refractivity contribution in [3.8, 4) is 0 Å². The third-order valence-corrected chi connectivity index (χ3v) is 16.0. The molecule has 2 unspecified atom stereocenters. The SMILES string of the molecule is CCCC/C=C\C/C=C\CCCCCCCC(=O)OCCCCCCCCCCCCCCCCCCCCCCCCCCCCCCCCCC(=O)NC(CO)C(O)CCCCCCCCCCCCCCC. The number of carbonyl (C=O) groups excluding carboxylic acids is 2. The number of nitrogens with one attached hydrogen (secondary N) is 1. The highest BCUT2D eigenvalue weighted by Crippen LogP contribution is 2.19. The summed E-state index contributed by atoms with van der Waals surface area (Å²) in [7, 11) is 0. The topological polar surface area (TPSA) is 95.9 Å². The minimum Gasteiger partial charge on any atom is -0.466 e. The molecule has 0 saturated carbocycles. The van der Waals surface area contributed by atoms with E-state index in [1.165, 1.54) is 295 Å². The minimum absolute atomic E-state index is 0.00639. The predicted molar refractivity (Wildman–Crippen MR) is 329 cm³/mol. The number of hydrogen-bond donors (Lipinski definition) is 3. The first-order valence-electron chi connectivity index (χ1n) is 34.1. The van der Waals surface area contributed by atoms with Crippen molar-refractivity contribution in [3.63, 3.8) is 0 Å². The summed E-state index contributed by atoms with van der Waals surface area (Å²) < 4.78 is 5.48. The molecule has 0 aliphatic carbocycles. The van der Waals surface area contributed by atoms with Crippen LogP contribution in [0, 0.1) is 0 Å². The summed E-state index contributed by atoms with van der Waals surface area (Å²) in [6.45, 7) is 4.93. The van der Waals surface area contributed by atoms with Gasteiger partial charge in [0.05, 0.1) is 25.4 Å². The summed E-state index contributed by atoms with van der Waals surface area (Å²) in [6, 6.07) is -0.537. The van der Waals surface area contributed by atoms with E-state index in [-0.39, 0.29) is 18.5 Å². The molecule has 0 aliphatic heterocycles. The molecule has 0 radical (unpaired) electrons. The highest BCUT2D eigenvalue weighted by Gasteiger charge is 2.20. The van der Waals surface area contributed by atoms with Gasteiger partial charge < -0.3 is 20.3 Å². The van der Waals surface area contributed by atoms with Gasteiger partial charge in [-0.1, -0.05) is 340 Å². The lowest BCUT2D eigenvalue weighted by molar-refractivity contribution is -0.143. The van der Waals surface area contributed by atoms with Gasteiger partial charge in [0.1, 0.15) is 0 Å². The zero-order chi connectivity index (χ0) is 54.3. The molecule has 0 saturated heterocycles. The van der Waals surface area contributed by atoms with Crippen molar-refractivity contribution in [2.75, 3.05) is 13.2 Å². The van der Waals surface area contributed by atoms with Crippen LogP contribution in [0.1, 0.15) is 380 Å². The van der Waals surface area contributed by atoms with Gasteiger partial charge in [-0.05, 0) is 51.4 Å². The van der Waals surface area contributed by atoms with Crippen molar-refractivity contribution < 1.29 is 24.5 Å². The van der Waals surface area contributed by atoms with Gasteiger partial charge in [0.15, 0.2) is 0 Å². The van der Waals surface area contributed by atoms with Crippen LogP contribution in [0.15, 0.2) is 24.3 Å². The molecule has 3 N–H and O–H groups in total. The quantitative estimate of drug-likeness (QED) is 0.0320. The van der Waals surface area contributed by atoms with Gasteiger partial charge in [0.2, 0.25) is 5.91 Å². The molecule has 444 valence electrons. The fourth-order valence-corrected chi connectivity index (χ4v) is 10.8. The molecule has 0 aromatic carbocycles. The smallest absolute Gasteiger partial charge is 0.305 e. The van der Waals surface area contributed by atoms with E-state index in [9.17, 15) is 19.8 Å². The van der Waals surface area contributed by atoms with E-state index in [2.05, 4.69) is 43.5 Å². The van der Waals surface area contributed by atoms with Crippen LogP contribution in [0.2, 0.25) is 0 Å². The highest BCUT2D eigenvalue weighted by molar-refractivity contribution is 5.76. The van der Waals surface area contributed by atoms with Gasteiger partial charge in [-0.2, -0.15) is 0 Å². The number of unbranched alkanes of at least 4 members (excludes halogenated alkanes) is 49. The van der Waals surface area contributed by atoms with Crippen LogP contribution in [0.5, 0.6) is 0 Å². The maximum absolute atomic E-state index is 12.5. The molecule has 6 heteroatoms. The van der Waals surface area contributed by atoms with Gasteiger partial charge in [-0.15, -0.1) is 0 Å². The van der Waals surface area contributed by atoms with Crippen molar-refractivity contribution in [1.29, 1.82) is 0 Å². The summed E-state index contributed by atoms with van der Waals surface area (Å²) in [5.74, 6) is -0.0225. The van der Waals surface area contributed by atoms with E-state index in [1.54, 1.807) is 0 Å². The van der Waals surface area contributed by atoms with Crippen molar-refractivity contribution in [3.05, 3.63) is 24.3 Å². The molecular weight excluding hydrogens is 923 g/mol. The summed E-state index contributed by atoms with van der Waals surface area (Å²) in [5, 5.41) is 23.3. The Balaban J connectivity index is 3.31. The van der Waals surface area contributed by atoms with Crippen LogP contribution in [-0.2, 0) is 14.3 Å². The van der Waals surface area contributed by atoms with Crippen molar-refractivity contribution >= 4 is 11.9 Å². The monoisotopic (exact) mass is 1060 g/mol. The van der Waals surface area contributed by atoms with Gasteiger partial charge in [0.25, 0.3) is 0 Å². The summed E-state index contributed by atoms with van der Waals surface area (Å²) in [4.78, 5) is 24.5. The van der Waals surface area contributed by atoms with Crippen LogP contribution in [0.25, 0.3) is 0 Å². The maximum atomic E-state index is 12.5. The molecule has 6 nitrogen and oxygen atoms in total. The van der Waals surface area contributed by atoms with Crippen molar-refractivity contribution in [2.24, 2.45) is 0 Å². The number of allylic oxidation sites excluding steroid dienone is 4. The van der Waals surface area contributed by atoms with Gasteiger partial charge >= 0.3 is 5.97 Å². The first-order valence-corrected chi connectivity index (χ1v) is 34.1. The molecule has 1 amide bonds. The zero-order valence-electron chi connectivity index (χ0n) is 50.8. The number of rotatable bonds is 64. The van der Waals surface area contributed by atoms with Crippen LogP contribution < -0.4 is 5.32 Å². The van der Waals surface area contributed by atoms with E-state index in [0.29, 0.717) is 25.9 Å². The van der Waals surface area contributed by atoms with Gasteiger partial charge in [0, 0.05) is 12.8 Å². The molecule has 0 spiro atoms. The molecular formula is C69H133NO5. The molecule has 0 fully saturated rings. The number of aliphatic hydroxyl groups excluding tert-OH is 2. The van der Waals surface area contributed by atoms with E-state index in [1.807, 2.05) is 0 Å². The van der Waals surface area contributed by atoms with E-state index in [4.69, 9.17) is 4.74 Å². The number of hydrogen-bond acceptors (Lipinski definition) is 5. The molecule has 0 bridgehead atoms. The number of ether oxygens (including phenoxy) is 1. The Morgan fingerprint density at radius 1 is 0.373 bits per heavy atom. The lowest BCUT2D eigenvalue weighted by Gasteiger charge is -2.22. The van der Waals surface area contributed by atoms with Gasteiger partial charge in [-0.25, -0.2) is 0 Å². The fourth-order valence-electron chi connectivity index (χ4n) is 10.8. The Morgan fingerprint density at radius 2 is 0.680 bits per heavy atom. The van der Waals surface area contributed by atoms with Crippen molar-refractivity contribution in [1.82, 2.24) is 5.32 Å². The first kappa shape index (κ1) is 73.3. The second-order valence-electron chi connectivity index (χ2n) is 23.5. The normalized spacial score (nSPS) is 12.6. The number of amides is 1. The molecule has 0 heterocycles. The summed E-state index contributed by atoms with van der Waals surface area (Å²) >= 11 is 0. The zero-order valence-corrected chi connectivity index (χ0v) is 50.8. The standard InChI is InChI=1S/C69H133NO5/c1-3-5-7-9-11-13-15-17-39-43-47-51-55-59-63-69(74)75-64-60-56-52-48-44-40-36-34-32-30-28-26-24-22-20-18-19-21-23-25-27-29-31-33-35-38-42-46-50-54-58-62-68(73)70-66(65-71)67(72)61-57-53-49-45-41-37-16-14-12-10-8-6-4-2/h9,11,15,17,66-67,71-72H,3-8,10,12-14,16,18-65H2,1-2H3,(H,70,73)/b11-9-,17-15-. The van der Waals surface area contributed by atoms with E-state index >= 15 is 0 Å². The second-order valence-corrected chi connectivity index (χ2v) is 23.5. The maximum Gasteiger partial charge on any atom is 0.305 e. The Hall–Kier alpha value is -1.66. The molecule has 0 rings (SSSR count). The van der Waals surface area contributed by atoms with E-state index < -0.39 is 12.1 Å². The van der Waals surface area contributed by atoms with Crippen molar-refractivity contribution in [2.45, 2.75) is 392 Å². The predicted octanol–water partition coefficient (Wildman–Crippen LogP) is 21.8. The van der Waals surface area contributed by atoms with Crippen LogP contribution >= 0.6 is 0 Å². The number of aliphatic hydroxyl groups is 2. The summed E-state index contributed by atoms with van der Waals surface area (Å²) in [6.07, 6.45) is 80.8. The number of carbonyl (C=O) groups is 2. The fraction of sp³-hybridized carbons (Fsp3) is 0.913. The highest BCUT2D eigenvalue weighted by atomic mass is 16.5. The Bertz CT molecular complexity index is 1170. The van der Waals surface area contributed by atoms with Crippen LogP contribution in [-0.4, -0.2) is 47.4 Å². The minimum atomic E-state index is -0.660. The van der Waals surface area contributed by atoms with Crippen LogP contribution in [0.4, 0.5) is 0 Å². The molecule has 75 heavy (non-hydrogen) atoms. The lowest BCUT2D eigenvalue weighted by Crippen LogP contribution is -2.45. The second kappa shape index (κ2) is 64.9.